The van der Waals surface area contributed by atoms with Crippen LogP contribution in [0.15, 0.2) is 0 Å². The molecular formula is C9H17N3O4S. The van der Waals surface area contributed by atoms with Crippen LogP contribution in [0.1, 0.15) is 20.8 Å². The van der Waals surface area contributed by atoms with Crippen molar-refractivity contribution in [3.05, 3.63) is 0 Å². The van der Waals surface area contributed by atoms with Crippen LogP contribution in [0.5, 0.6) is 0 Å². The highest BCUT2D eigenvalue weighted by Crippen LogP contribution is 2.09. The molecule has 1 fully saturated rings. The molecule has 0 aliphatic carbocycles. The maximum absolute atomic E-state index is 11.9. The van der Waals surface area contributed by atoms with Crippen LogP contribution < -0.4 is 10.0 Å². The summed E-state index contributed by atoms with van der Waals surface area (Å²) < 4.78 is 27.0. The number of carbonyl (C=O) groups is 2. The first-order chi connectivity index (χ1) is 7.74. The lowest BCUT2D eigenvalue weighted by Crippen LogP contribution is -2.60. The van der Waals surface area contributed by atoms with Crippen molar-refractivity contribution in [2.45, 2.75) is 26.8 Å². The summed E-state index contributed by atoms with van der Waals surface area (Å²) in [6, 6.07) is -0.877. The van der Waals surface area contributed by atoms with E-state index in [4.69, 9.17) is 0 Å². The minimum Gasteiger partial charge on any atom is -0.294 e. The molecular weight excluding hydrogens is 246 g/mol. The Bertz CT molecular complexity index is 418. The van der Waals surface area contributed by atoms with Gasteiger partial charge in [0.1, 0.15) is 6.04 Å². The number of imide groups is 1. The molecule has 98 valence electrons. The topological polar surface area (TPSA) is 95.6 Å². The fourth-order valence-electron chi connectivity index (χ4n) is 1.34. The third kappa shape index (κ3) is 3.48. The number of rotatable bonds is 4. The number of carbonyl (C=O) groups excluding carboxylic acids is 2. The van der Waals surface area contributed by atoms with Crippen LogP contribution in [0.3, 0.4) is 0 Å². The second-order valence-corrected chi connectivity index (χ2v) is 6.09. The van der Waals surface area contributed by atoms with Gasteiger partial charge in [0.05, 0.1) is 6.54 Å². The lowest BCUT2D eigenvalue weighted by Gasteiger charge is -2.30. The largest absolute Gasteiger partial charge is 0.294 e. The fourth-order valence-corrected chi connectivity index (χ4v) is 2.85. The Morgan fingerprint density at radius 2 is 2.06 bits per heavy atom. The molecule has 1 unspecified atom stereocenters. The van der Waals surface area contributed by atoms with Crippen LogP contribution in [-0.2, 0) is 19.8 Å². The van der Waals surface area contributed by atoms with Gasteiger partial charge in [0.25, 0.3) is 10.2 Å². The molecule has 0 bridgehead atoms. The highest BCUT2D eigenvalue weighted by atomic mass is 32.2. The Balaban J connectivity index is 2.82. The number of nitrogens with one attached hydrogen (secondary N) is 2. The van der Waals surface area contributed by atoms with Crippen LogP contribution in [-0.4, -0.2) is 43.7 Å². The molecule has 2 amide bonds. The fraction of sp³-hybridized carbons (Fsp3) is 0.778. The quantitative estimate of drug-likeness (QED) is 0.624. The summed E-state index contributed by atoms with van der Waals surface area (Å²) >= 11 is 0. The van der Waals surface area contributed by atoms with Gasteiger partial charge in [0.2, 0.25) is 11.8 Å². The van der Waals surface area contributed by atoms with E-state index < -0.39 is 28.1 Å². The molecule has 8 heteroatoms. The predicted molar refractivity (Wildman–Crippen MR) is 61.1 cm³/mol. The SMILES string of the molecule is CC(C)CNS(=O)(=O)N1CC(=O)NC(=O)C1C. The lowest BCUT2D eigenvalue weighted by atomic mass is 10.2. The molecule has 1 aliphatic rings. The Labute approximate surface area is 101 Å². The minimum atomic E-state index is -3.79. The van der Waals surface area contributed by atoms with Crippen LogP contribution in [0, 0.1) is 5.92 Å². The van der Waals surface area contributed by atoms with Gasteiger partial charge in [-0.05, 0) is 12.8 Å². The van der Waals surface area contributed by atoms with Crippen molar-refractivity contribution < 1.29 is 18.0 Å². The molecule has 0 aromatic carbocycles. The van der Waals surface area contributed by atoms with Crippen molar-refractivity contribution in [2.24, 2.45) is 5.92 Å². The van der Waals surface area contributed by atoms with Gasteiger partial charge in [-0.25, -0.2) is 4.72 Å². The Kier molecular flexibility index (Phi) is 4.23. The lowest BCUT2D eigenvalue weighted by molar-refractivity contribution is -0.136. The average Bonchev–Trinajstić information content (AvgIpc) is 2.20. The molecule has 1 atom stereocenters. The molecule has 0 saturated carbocycles. The van der Waals surface area contributed by atoms with Crippen molar-refractivity contribution in [3.63, 3.8) is 0 Å². The number of amides is 2. The maximum Gasteiger partial charge on any atom is 0.280 e. The van der Waals surface area contributed by atoms with Crippen molar-refractivity contribution in [2.75, 3.05) is 13.1 Å². The van der Waals surface area contributed by atoms with Crippen LogP contribution in [0.2, 0.25) is 0 Å². The molecule has 1 rings (SSSR count). The monoisotopic (exact) mass is 263 g/mol. The van der Waals surface area contributed by atoms with Gasteiger partial charge < -0.3 is 0 Å². The zero-order chi connectivity index (χ0) is 13.2. The first-order valence-corrected chi connectivity index (χ1v) is 6.78. The summed E-state index contributed by atoms with van der Waals surface area (Å²) in [4.78, 5) is 22.5. The van der Waals surface area contributed by atoms with Gasteiger partial charge in [0, 0.05) is 6.54 Å². The molecule has 0 radical (unpaired) electrons. The van der Waals surface area contributed by atoms with Gasteiger partial charge in [-0.2, -0.15) is 12.7 Å². The van der Waals surface area contributed by atoms with Crippen molar-refractivity contribution in [1.29, 1.82) is 0 Å². The summed E-state index contributed by atoms with van der Waals surface area (Å²) in [6.07, 6.45) is 0. The summed E-state index contributed by atoms with van der Waals surface area (Å²) in [5.74, 6) is -1.06. The highest BCUT2D eigenvalue weighted by Gasteiger charge is 2.37. The predicted octanol–water partition coefficient (Wildman–Crippen LogP) is -1.18. The minimum absolute atomic E-state index is 0.148. The summed E-state index contributed by atoms with van der Waals surface area (Å²) in [5.41, 5.74) is 0. The van der Waals surface area contributed by atoms with Gasteiger partial charge in [0.15, 0.2) is 0 Å². The smallest absolute Gasteiger partial charge is 0.280 e. The van der Waals surface area contributed by atoms with E-state index in [0.29, 0.717) is 0 Å². The van der Waals surface area contributed by atoms with Gasteiger partial charge in [-0.1, -0.05) is 13.8 Å². The first-order valence-electron chi connectivity index (χ1n) is 5.34. The normalized spacial score (nSPS) is 22.9. The third-order valence-electron chi connectivity index (χ3n) is 2.36. The van der Waals surface area contributed by atoms with Crippen LogP contribution in [0.25, 0.3) is 0 Å². The van der Waals surface area contributed by atoms with E-state index in [0.717, 1.165) is 4.31 Å². The van der Waals surface area contributed by atoms with E-state index in [-0.39, 0.29) is 19.0 Å². The van der Waals surface area contributed by atoms with E-state index in [1.54, 1.807) is 0 Å². The van der Waals surface area contributed by atoms with Gasteiger partial charge in [-0.3, -0.25) is 14.9 Å². The third-order valence-corrected chi connectivity index (χ3v) is 3.95. The molecule has 1 aliphatic heterocycles. The van der Waals surface area contributed by atoms with E-state index in [1.165, 1.54) is 6.92 Å². The van der Waals surface area contributed by atoms with E-state index >= 15 is 0 Å². The van der Waals surface area contributed by atoms with Gasteiger partial charge >= 0.3 is 0 Å². The molecule has 1 heterocycles. The van der Waals surface area contributed by atoms with E-state index in [9.17, 15) is 18.0 Å². The molecule has 7 nitrogen and oxygen atoms in total. The second-order valence-electron chi connectivity index (χ2n) is 4.38. The van der Waals surface area contributed by atoms with E-state index in [1.807, 2.05) is 13.8 Å². The molecule has 0 spiro atoms. The molecule has 0 aromatic heterocycles. The Morgan fingerprint density at radius 3 is 2.59 bits per heavy atom. The van der Waals surface area contributed by atoms with E-state index in [2.05, 4.69) is 10.0 Å². The zero-order valence-electron chi connectivity index (χ0n) is 10.1. The highest BCUT2D eigenvalue weighted by molar-refractivity contribution is 7.87. The standard InChI is InChI=1S/C9H17N3O4S/c1-6(2)4-10-17(15,16)12-5-8(13)11-9(14)7(12)3/h6-7,10H,4-5H2,1-3H3,(H,11,13,14). The van der Waals surface area contributed by atoms with Crippen molar-refractivity contribution in [1.82, 2.24) is 14.3 Å². The summed E-state index contributed by atoms with van der Waals surface area (Å²) in [7, 11) is -3.79. The van der Waals surface area contributed by atoms with Crippen LogP contribution in [0.4, 0.5) is 0 Å². The number of hydrogen-bond acceptors (Lipinski definition) is 4. The van der Waals surface area contributed by atoms with Crippen LogP contribution >= 0.6 is 0 Å². The van der Waals surface area contributed by atoms with Gasteiger partial charge in [-0.15, -0.1) is 0 Å². The second kappa shape index (κ2) is 5.11. The summed E-state index contributed by atoms with van der Waals surface area (Å²) in [6.45, 7) is 5.10. The molecule has 0 aromatic rings. The first kappa shape index (κ1) is 14.1. The van der Waals surface area contributed by atoms with Crippen molar-refractivity contribution in [3.8, 4) is 0 Å². The Hall–Kier alpha value is -0.990. The van der Waals surface area contributed by atoms with Crippen molar-refractivity contribution >= 4 is 22.0 Å². The molecule has 17 heavy (non-hydrogen) atoms. The Morgan fingerprint density at radius 1 is 1.47 bits per heavy atom. The molecule has 2 N–H and O–H groups in total. The number of piperazine rings is 1. The maximum atomic E-state index is 11.9. The summed E-state index contributed by atoms with van der Waals surface area (Å²) in [5, 5.41) is 2.08. The number of nitrogens with zero attached hydrogens (tertiary/aromatic N) is 1. The average molecular weight is 263 g/mol. The number of hydrogen-bond donors (Lipinski definition) is 2. The zero-order valence-corrected chi connectivity index (χ0v) is 10.9. The molecule has 1 saturated heterocycles.